The summed E-state index contributed by atoms with van der Waals surface area (Å²) in [6.45, 7) is 3.88. The standard InChI is InChI=1S/C23H28ClFN4O4S/c1-2-33-27-21-9-6-17-14-18(7-8-19(17)21)32-13-5-3-4-10-28-11-12-29(34(28,30)31)22-15-23(24)26-16-20(22)25/h7-8,14-16H,2-6,9-13H2,1H3. The van der Waals surface area contributed by atoms with Gasteiger partial charge in [-0.2, -0.15) is 12.7 Å². The van der Waals surface area contributed by atoms with Gasteiger partial charge in [0.25, 0.3) is 0 Å². The quantitative estimate of drug-likeness (QED) is 0.272. The summed E-state index contributed by atoms with van der Waals surface area (Å²) in [5.41, 5.74) is 3.25. The Bertz CT molecular complexity index is 1160. The van der Waals surface area contributed by atoms with E-state index in [1.165, 1.54) is 15.9 Å². The van der Waals surface area contributed by atoms with Gasteiger partial charge in [-0.15, -0.1) is 0 Å². The molecule has 11 heteroatoms. The van der Waals surface area contributed by atoms with Crippen molar-refractivity contribution < 1.29 is 22.4 Å². The maximum absolute atomic E-state index is 14.1. The van der Waals surface area contributed by atoms with Gasteiger partial charge in [-0.3, -0.25) is 4.31 Å². The van der Waals surface area contributed by atoms with Gasteiger partial charge in [0.15, 0.2) is 5.82 Å². The summed E-state index contributed by atoms with van der Waals surface area (Å²) in [5.74, 6) is 0.114. The van der Waals surface area contributed by atoms with Crippen molar-refractivity contribution in [2.75, 3.05) is 37.2 Å². The minimum absolute atomic E-state index is 0.0486. The number of ether oxygens (including phenoxy) is 1. The molecule has 1 fully saturated rings. The van der Waals surface area contributed by atoms with Gasteiger partial charge in [-0.25, -0.2) is 9.37 Å². The SMILES string of the molecule is CCON=C1CCc2cc(OCCCCCN3CCN(c4cc(Cl)ncc4F)S3(=O)=O)ccc21. The van der Waals surface area contributed by atoms with Crippen molar-refractivity contribution in [1.29, 1.82) is 0 Å². The minimum atomic E-state index is -3.78. The number of pyridine rings is 1. The minimum Gasteiger partial charge on any atom is -0.494 e. The van der Waals surface area contributed by atoms with Crippen molar-refractivity contribution in [3.05, 3.63) is 52.6 Å². The van der Waals surface area contributed by atoms with E-state index >= 15 is 0 Å². The van der Waals surface area contributed by atoms with E-state index in [0.29, 0.717) is 32.7 Å². The van der Waals surface area contributed by atoms with Crippen LogP contribution in [-0.2, 0) is 21.5 Å². The van der Waals surface area contributed by atoms with Crippen LogP contribution >= 0.6 is 11.6 Å². The Morgan fingerprint density at radius 1 is 1.18 bits per heavy atom. The Morgan fingerprint density at radius 3 is 2.85 bits per heavy atom. The summed E-state index contributed by atoms with van der Waals surface area (Å²) in [5, 5.41) is 4.23. The molecule has 1 aromatic carbocycles. The molecule has 1 aromatic heterocycles. The summed E-state index contributed by atoms with van der Waals surface area (Å²) < 4.78 is 48.0. The molecule has 2 aromatic rings. The van der Waals surface area contributed by atoms with Gasteiger partial charge < -0.3 is 9.57 Å². The average molecular weight is 511 g/mol. The highest BCUT2D eigenvalue weighted by Gasteiger charge is 2.37. The number of halogens is 2. The Kier molecular flexibility index (Phi) is 7.90. The molecule has 184 valence electrons. The van der Waals surface area contributed by atoms with Crippen LogP contribution in [0.4, 0.5) is 10.1 Å². The van der Waals surface area contributed by atoms with Gasteiger partial charge in [-0.1, -0.05) is 16.8 Å². The lowest BCUT2D eigenvalue weighted by molar-refractivity contribution is 0.158. The highest BCUT2D eigenvalue weighted by Crippen LogP contribution is 2.30. The third kappa shape index (κ3) is 5.45. The molecule has 2 aliphatic rings. The fourth-order valence-corrected chi connectivity index (χ4v) is 5.97. The Balaban J connectivity index is 1.21. The normalized spacial score (nSPS) is 18.4. The lowest BCUT2D eigenvalue weighted by atomic mass is 10.1. The molecule has 1 aliphatic carbocycles. The van der Waals surface area contributed by atoms with E-state index in [4.69, 9.17) is 21.2 Å². The number of unbranched alkanes of at least 4 members (excludes halogenated alkanes) is 2. The van der Waals surface area contributed by atoms with E-state index in [0.717, 1.165) is 53.2 Å². The fraction of sp³-hybridized carbons (Fsp3) is 0.478. The molecule has 8 nitrogen and oxygen atoms in total. The number of oxime groups is 1. The first-order chi connectivity index (χ1) is 16.4. The summed E-state index contributed by atoms with van der Waals surface area (Å²) >= 11 is 5.82. The molecule has 0 unspecified atom stereocenters. The largest absolute Gasteiger partial charge is 0.494 e. The zero-order chi connectivity index (χ0) is 24.1. The second-order valence-corrected chi connectivity index (χ2v) is 10.4. The molecular formula is C23H28ClFN4O4S. The van der Waals surface area contributed by atoms with Crippen LogP contribution in [0.2, 0.25) is 5.15 Å². The predicted octanol–water partition coefficient (Wildman–Crippen LogP) is 4.18. The van der Waals surface area contributed by atoms with Crippen LogP contribution in [0, 0.1) is 5.82 Å². The highest BCUT2D eigenvalue weighted by molar-refractivity contribution is 7.90. The van der Waals surface area contributed by atoms with Crippen LogP contribution in [0.25, 0.3) is 0 Å². The lowest BCUT2D eigenvalue weighted by Crippen LogP contribution is -2.34. The molecule has 0 N–H and O–H groups in total. The number of benzene rings is 1. The van der Waals surface area contributed by atoms with Crippen molar-refractivity contribution in [1.82, 2.24) is 9.29 Å². The molecule has 0 saturated carbocycles. The van der Waals surface area contributed by atoms with Crippen LogP contribution in [0.1, 0.15) is 43.7 Å². The Labute approximate surface area is 204 Å². The molecule has 34 heavy (non-hydrogen) atoms. The zero-order valence-corrected chi connectivity index (χ0v) is 20.6. The molecule has 1 aliphatic heterocycles. The van der Waals surface area contributed by atoms with Crippen molar-refractivity contribution in [2.45, 2.75) is 39.0 Å². The van der Waals surface area contributed by atoms with E-state index < -0.39 is 16.0 Å². The zero-order valence-electron chi connectivity index (χ0n) is 19.0. The van der Waals surface area contributed by atoms with E-state index in [9.17, 15) is 12.8 Å². The number of nitrogens with zero attached hydrogens (tertiary/aromatic N) is 4. The molecule has 0 bridgehead atoms. The average Bonchev–Trinajstić information content (AvgIpc) is 3.35. The number of rotatable bonds is 10. The second kappa shape index (κ2) is 10.9. The van der Waals surface area contributed by atoms with Crippen LogP contribution in [0.5, 0.6) is 5.75 Å². The van der Waals surface area contributed by atoms with Crippen LogP contribution in [0.15, 0.2) is 35.6 Å². The van der Waals surface area contributed by atoms with Crippen molar-refractivity contribution in [3.8, 4) is 5.75 Å². The van der Waals surface area contributed by atoms with Gasteiger partial charge >= 0.3 is 10.2 Å². The van der Waals surface area contributed by atoms with Crippen molar-refractivity contribution in [2.24, 2.45) is 5.16 Å². The first-order valence-electron chi connectivity index (χ1n) is 11.4. The number of hydrogen-bond donors (Lipinski definition) is 0. The first kappa shape index (κ1) is 24.7. The van der Waals surface area contributed by atoms with E-state index in [-0.39, 0.29) is 17.4 Å². The van der Waals surface area contributed by atoms with E-state index in [1.54, 1.807) is 0 Å². The summed E-state index contributed by atoms with van der Waals surface area (Å²) in [6.07, 6.45) is 5.05. The van der Waals surface area contributed by atoms with Gasteiger partial charge in [0.1, 0.15) is 17.5 Å². The number of hydrogen-bond acceptors (Lipinski definition) is 6. The van der Waals surface area contributed by atoms with Crippen LogP contribution < -0.4 is 9.04 Å². The Hall–Kier alpha value is -2.43. The summed E-state index contributed by atoms with van der Waals surface area (Å²) in [7, 11) is -3.78. The topological polar surface area (TPSA) is 84.3 Å². The molecule has 0 atom stereocenters. The molecule has 1 saturated heterocycles. The van der Waals surface area contributed by atoms with Gasteiger partial charge in [-0.05, 0) is 62.8 Å². The van der Waals surface area contributed by atoms with Gasteiger partial charge in [0.05, 0.1) is 24.2 Å². The monoisotopic (exact) mass is 510 g/mol. The fourth-order valence-electron chi connectivity index (χ4n) is 4.17. The van der Waals surface area contributed by atoms with Crippen LogP contribution in [-0.4, -0.2) is 56.3 Å². The van der Waals surface area contributed by atoms with Gasteiger partial charge in [0.2, 0.25) is 0 Å². The molecule has 0 spiro atoms. The number of anilines is 1. The Morgan fingerprint density at radius 2 is 2.03 bits per heavy atom. The second-order valence-electron chi connectivity index (χ2n) is 8.12. The first-order valence-corrected chi connectivity index (χ1v) is 13.2. The molecule has 0 amide bonds. The predicted molar refractivity (Wildman–Crippen MR) is 129 cm³/mol. The smallest absolute Gasteiger partial charge is 0.304 e. The highest BCUT2D eigenvalue weighted by atomic mass is 35.5. The molecule has 2 heterocycles. The van der Waals surface area contributed by atoms with Crippen molar-refractivity contribution >= 4 is 33.2 Å². The van der Waals surface area contributed by atoms with Crippen LogP contribution in [0.3, 0.4) is 0 Å². The number of aryl methyl sites for hydroxylation is 1. The summed E-state index contributed by atoms with van der Waals surface area (Å²) in [6, 6.07) is 7.26. The summed E-state index contributed by atoms with van der Waals surface area (Å²) in [4.78, 5) is 8.83. The molecular weight excluding hydrogens is 483 g/mol. The number of aromatic nitrogens is 1. The molecule has 4 rings (SSSR count). The van der Waals surface area contributed by atoms with E-state index in [2.05, 4.69) is 16.2 Å². The van der Waals surface area contributed by atoms with E-state index in [1.807, 2.05) is 19.1 Å². The van der Waals surface area contributed by atoms with Crippen molar-refractivity contribution in [3.63, 3.8) is 0 Å². The number of fused-ring (bicyclic) bond motifs is 1. The third-order valence-corrected chi connectivity index (χ3v) is 8.03. The third-order valence-electron chi connectivity index (χ3n) is 5.87. The van der Waals surface area contributed by atoms with Gasteiger partial charge in [0, 0.05) is 31.3 Å². The maximum atomic E-state index is 14.1. The maximum Gasteiger partial charge on any atom is 0.304 e. The molecule has 0 radical (unpaired) electrons. The lowest BCUT2D eigenvalue weighted by Gasteiger charge is -2.20.